The number of nitrogens with two attached hydrogens (primary N) is 1. The number of rotatable bonds is 5. The molecule has 0 aliphatic rings. The number of likely N-dealkylation sites (N-methyl/N-ethyl adjacent to an activating group) is 1. The minimum atomic E-state index is -4.08. The van der Waals surface area contributed by atoms with Gasteiger partial charge >= 0.3 is 5.69 Å². The lowest BCUT2D eigenvalue weighted by Crippen LogP contribution is -2.25. The van der Waals surface area contributed by atoms with E-state index in [2.05, 4.69) is 5.32 Å². The highest BCUT2D eigenvalue weighted by Gasteiger charge is 2.23. The summed E-state index contributed by atoms with van der Waals surface area (Å²) in [5.74, 6) is -0.684. The van der Waals surface area contributed by atoms with Crippen LogP contribution in [0.4, 0.5) is 5.69 Å². The van der Waals surface area contributed by atoms with Gasteiger partial charge in [0.15, 0.2) is 12.4 Å². The summed E-state index contributed by atoms with van der Waals surface area (Å²) in [6, 6.07) is 1.96. The quantitative estimate of drug-likeness (QED) is 0.563. The Morgan fingerprint density at radius 1 is 1.50 bits per heavy atom. The number of aryl methyl sites for hydroxylation is 1. The zero-order chi connectivity index (χ0) is 15.5. The molecule has 0 unspecified atom stereocenters. The van der Waals surface area contributed by atoms with E-state index in [0.717, 1.165) is 12.1 Å². The first-order valence-corrected chi connectivity index (χ1v) is 6.86. The van der Waals surface area contributed by atoms with Crippen molar-refractivity contribution in [1.82, 2.24) is 5.32 Å². The Labute approximate surface area is 114 Å². The summed E-state index contributed by atoms with van der Waals surface area (Å²) < 4.78 is 27.6. The molecular formula is C10H13N3O6S. The number of carbonyl (C=O) groups excluding carboxylic acids is 1. The van der Waals surface area contributed by atoms with Gasteiger partial charge in [-0.05, 0) is 18.6 Å². The molecule has 10 heteroatoms. The van der Waals surface area contributed by atoms with Gasteiger partial charge in [0, 0.05) is 13.1 Å². The number of nitro benzene ring substituents is 1. The third kappa shape index (κ3) is 3.65. The van der Waals surface area contributed by atoms with Crippen LogP contribution in [0.5, 0.6) is 5.75 Å². The molecular weight excluding hydrogens is 290 g/mol. The minimum absolute atomic E-state index is 0.185. The second kappa shape index (κ2) is 5.84. The number of nitrogens with one attached hydrogen (secondary N) is 1. The Morgan fingerprint density at radius 2 is 2.10 bits per heavy atom. The van der Waals surface area contributed by atoms with Gasteiger partial charge in [-0.2, -0.15) is 0 Å². The number of amides is 1. The Bertz CT molecular complexity index is 655. The number of ether oxygens (including phenoxy) is 1. The predicted molar refractivity (Wildman–Crippen MR) is 68.8 cm³/mol. The van der Waals surface area contributed by atoms with Gasteiger partial charge in [-0.25, -0.2) is 13.6 Å². The molecule has 0 saturated heterocycles. The molecule has 110 valence electrons. The molecule has 0 spiro atoms. The van der Waals surface area contributed by atoms with Crippen LogP contribution < -0.4 is 15.2 Å². The van der Waals surface area contributed by atoms with Crippen molar-refractivity contribution in [2.75, 3.05) is 13.7 Å². The number of nitro groups is 1. The van der Waals surface area contributed by atoms with Crippen LogP contribution in [0.15, 0.2) is 17.0 Å². The van der Waals surface area contributed by atoms with Gasteiger partial charge in [0.05, 0.1) is 9.82 Å². The molecule has 0 bridgehead atoms. The molecule has 0 aromatic heterocycles. The van der Waals surface area contributed by atoms with Crippen LogP contribution in [0.1, 0.15) is 5.56 Å². The van der Waals surface area contributed by atoms with E-state index in [9.17, 15) is 23.3 Å². The third-order valence-electron chi connectivity index (χ3n) is 2.40. The molecule has 0 aliphatic carbocycles. The summed E-state index contributed by atoms with van der Waals surface area (Å²) in [6.07, 6.45) is 0. The van der Waals surface area contributed by atoms with E-state index in [0.29, 0.717) is 0 Å². The predicted octanol–water partition coefficient (Wildman–Crippen LogP) is -0.325. The second-order valence-electron chi connectivity index (χ2n) is 3.85. The Balaban J connectivity index is 3.29. The number of primary sulfonamides is 1. The zero-order valence-corrected chi connectivity index (χ0v) is 11.6. The van der Waals surface area contributed by atoms with Crippen molar-refractivity contribution in [3.63, 3.8) is 0 Å². The standard InChI is InChI=1S/C10H13N3O6S/c1-6-3-8(19-5-10(14)12-2)7(13(15)16)4-9(6)20(11,17)18/h3-4H,5H2,1-2H3,(H,12,14)(H2,11,17,18). The van der Waals surface area contributed by atoms with Gasteiger partial charge in [-0.1, -0.05) is 0 Å². The average molecular weight is 303 g/mol. The molecule has 0 heterocycles. The fourth-order valence-electron chi connectivity index (χ4n) is 1.43. The summed E-state index contributed by atoms with van der Waals surface area (Å²) in [5.41, 5.74) is -0.395. The first kappa shape index (κ1) is 15.9. The highest BCUT2D eigenvalue weighted by molar-refractivity contribution is 7.89. The Hall–Kier alpha value is -2.20. The number of hydrogen-bond acceptors (Lipinski definition) is 6. The SMILES string of the molecule is CNC(=O)COc1cc(C)c(S(N)(=O)=O)cc1[N+](=O)[O-]. The lowest BCUT2D eigenvalue weighted by Gasteiger charge is -2.09. The molecule has 9 nitrogen and oxygen atoms in total. The normalized spacial score (nSPS) is 10.9. The molecule has 0 radical (unpaired) electrons. The van der Waals surface area contributed by atoms with Crippen molar-refractivity contribution < 1.29 is 22.9 Å². The van der Waals surface area contributed by atoms with Gasteiger partial charge in [0.1, 0.15) is 0 Å². The van der Waals surface area contributed by atoms with Gasteiger partial charge < -0.3 is 10.1 Å². The first-order chi connectivity index (χ1) is 9.16. The lowest BCUT2D eigenvalue weighted by atomic mass is 10.2. The summed E-state index contributed by atoms with van der Waals surface area (Å²) >= 11 is 0. The van der Waals surface area contributed by atoms with Crippen molar-refractivity contribution in [2.45, 2.75) is 11.8 Å². The van der Waals surface area contributed by atoms with Crippen LogP contribution in [-0.4, -0.2) is 32.9 Å². The molecule has 20 heavy (non-hydrogen) atoms. The van der Waals surface area contributed by atoms with E-state index in [1.807, 2.05) is 0 Å². The molecule has 0 fully saturated rings. The van der Waals surface area contributed by atoms with E-state index < -0.39 is 33.1 Å². The Morgan fingerprint density at radius 3 is 2.55 bits per heavy atom. The van der Waals surface area contributed by atoms with Crippen LogP contribution >= 0.6 is 0 Å². The van der Waals surface area contributed by atoms with Crippen LogP contribution in [0.25, 0.3) is 0 Å². The topological polar surface area (TPSA) is 142 Å². The monoisotopic (exact) mass is 303 g/mol. The molecule has 1 aromatic carbocycles. The molecule has 1 aromatic rings. The smallest absolute Gasteiger partial charge is 0.312 e. The largest absolute Gasteiger partial charge is 0.477 e. The number of benzene rings is 1. The van der Waals surface area contributed by atoms with Crippen LogP contribution in [-0.2, 0) is 14.8 Å². The van der Waals surface area contributed by atoms with Gasteiger partial charge in [-0.15, -0.1) is 0 Å². The second-order valence-corrected chi connectivity index (χ2v) is 5.38. The summed E-state index contributed by atoms with van der Waals surface area (Å²) in [7, 11) is -2.70. The first-order valence-electron chi connectivity index (χ1n) is 5.32. The van der Waals surface area contributed by atoms with Gasteiger partial charge in [0.2, 0.25) is 10.0 Å². The number of sulfonamides is 1. The van der Waals surface area contributed by atoms with E-state index in [-0.39, 0.29) is 16.2 Å². The molecule has 1 amide bonds. The van der Waals surface area contributed by atoms with E-state index in [1.165, 1.54) is 14.0 Å². The van der Waals surface area contributed by atoms with Gasteiger partial charge in [0.25, 0.3) is 5.91 Å². The summed E-state index contributed by atoms with van der Waals surface area (Å²) in [6.45, 7) is 0.988. The number of hydrogen-bond donors (Lipinski definition) is 2. The van der Waals surface area contributed by atoms with E-state index in [4.69, 9.17) is 9.88 Å². The Kier molecular flexibility index (Phi) is 4.63. The maximum Gasteiger partial charge on any atom is 0.312 e. The summed E-state index contributed by atoms with van der Waals surface area (Å²) in [4.78, 5) is 20.8. The molecule has 1 rings (SSSR count). The number of nitrogens with zero attached hydrogens (tertiary/aromatic N) is 1. The molecule has 0 saturated carbocycles. The lowest BCUT2D eigenvalue weighted by molar-refractivity contribution is -0.386. The molecule has 0 atom stereocenters. The zero-order valence-electron chi connectivity index (χ0n) is 10.7. The average Bonchev–Trinajstić information content (AvgIpc) is 2.33. The highest BCUT2D eigenvalue weighted by atomic mass is 32.2. The van der Waals surface area contributed by atoms with Crippen LogP contribution in [0, 0.1) is 17.0 Å². The van der Waals surface area contributed by atoms with Crippen molar-refractivity contribution in [2.24, 2.45) is 5.14 Å². The van der Waals surface area contributed by atoms with Gasteiger partial charge in [-0.3, -0.25) is 14.9 Å². The minimum Gasteiger partial charge on any atom is -0.477 e. The maximum atomic E-state index is 11.3. The fraction of sp³-hybridized carbons (Fsp3) is 0.300. The van der Waals surface area contributed by atoms with E-state index >= 15 is 0 Å². The van der Waals surface area contributed by atoms with Crippen molar-refractivity contribution in [3.8, 4) is 5.75 Å². The van der Waals surface area contributed by atoms with Crippen molar-refractivity contribution >= 4 is 21.6 Å². The summed E-state index contributed by atoms with van der Waals surface area (Å²) in [5, 5.41) is 18.2. The third-order valence-corrected chi connectivity index (χ3v) is 3.45. The molecule has 0 aliphatic heterocycles. The van der Waals surface area contributed by atoms with Crippen LogP contribution in [0.3, 0.4) is 0 Å². The van der Waals surface area contributed by atoms with Crippen molar-refractivity contribution in [1.29, 1.82) is 0 Å². The fourth-order valence-corrected chi connectivity index (χ4v) is 2.21. The van der Waals surface area contributed by atoms with Crippen molar-refractivity contribution in [3.05, 3.63) is 27.8 Å². The highest BCUT2D eigenvalue weighted by Crippen LogP contribution is 2.32. The molecule has 3 N–H and O–H groups in total. The number of carbonyl (C=O) groups is 1. The maximum absolute atomic E-state index is 11.3. The van der Waals surface area contributed by atoms with E-state index in [1.54, 1.807) is 0 Å². The van der Waals surface area contributed by atoms with Crippen LogP contribution in [0.2, 0.25) is 0 Å².